The van der Waals surface area contributed by atoms with Gasteiger partial charge in [0, 0.05) is 4.88 Å². The molecular weight excluding hydrogens is 190 g/mol. The topological polar surface area (TPSA) is 12.9 Å². The molecule has 1 aromatic rings. The molecule has 3 heteroatoms. The smallest absolute Gasteiger partial charge is 0.108 e. The van der Waals surface area contributed by atoms with E-state index in [2.05, 4.69) is 25.8 Å². The Morgan fingerprint density at radius 2 is 2.17 bits per heavy atom. The number of alkyl halides is 1. The number of halogens is 1. The Morgan fingerprint density at radius 3 is 2.58 bits per heavy atom. The monoisotopic (exact) mass is 203 g/mol. The summed E-state index contributed by atoms with van der Waals surface area (Å²) in [4.78, 5) is 5.76. The predicted molar refractivity (Wildman–Crippen MR) is 55.0 cm³/mol. The Labute approximate surface area is 82.8 Å². The fourth-order valence-corrected chi connectivity index (χ4v) is 2.46. The average Bonchev–Trinajstić information content (AvgIpc) is 2.31. The summed E-state index contributed by atoms with van der Waals surface area (Å²) in [6, 6.07) is 0. The number of thiazole rings is 1. The van der Waals surface area contributed by atoms with Crippen molar-refractivity contribution in [3.8, 4) is 0 Å². The highest BCUT2D eigenvalue weighted by atomic mass is 35.5. The summed E-state index contributed by atoms with van der Waals surface area (Å²) in [5, 5.41) is 1.05. The highest BCUT2D eigenvalue weighted by molar-refractivity contribution is 7.11. The van der Waals surface area contributed by atoms with Crippen LogP contribution in [0, 0.1) is 12.8 Å². The maximum Gasteiger partial charge on any atom is 0.108 e. The molecule has 0 aliphatic heterocycles. The number of hydrogen-bond acceptors (Lipinski definition) is 2. The molecule has 1 rings (SSSR count). The van der Waals surface area contributed by atoms with E-state index in [0.29, 0.717) is 11.8 Å². The molecule has 0 bridgehead atoms. The van der Waals surface area contributed by atoms with Gasteiger partial charge < -0.3 is 0 Å². The summed E-state index contributed by atoms with van der Waals surface area (Å²) in [7, 11) is 0. The summed E-state index contributed by atoms with van der Waals surface area (Å²) in [5.41, 5.74) is 1.16. The number of aromatic nitrogens is 1. The third kappa shape index (κ3) is 2.46. The lowest BCUT2D eigenvalue weighted by Crippen LogP contribution is -1.92. The minimum absolute atomic E-state index is 0.545. The van der Waals surface area contributed by atoms with Crippen molar-refractivity contribution in [2.45, 2.75) is 33.1 Å². The largest absolute Gasteiger partial charge is 0.245 e. The summed E-state index contributed by atoms with van der Waals surface area (Å²) in [6.45, 7) is 6.50. The molecule has 12 heavy (non-hydrogen) atoms. The van der Waals surface area contributed by atoms with Gasteiger partial charge in [0.05, 0.1) is 11.6 Å². The van der Waals surface area contributed by atoms with Gasteiger partial charge in [-0.2, -0.15) is 0 Å². The van der Waals surface area contributed by atoms with E-state index in [9.17, 15) is 0 Å². The minimum Gasteiger partial charge on any atom is -0.245 e. The first-order valence-corrected chi connectivity index (χ1v) is 5.49. The minimum atomic E-state index is 0.545. The molecule has 0 fully saturated rings. The number of nitrogens with zero attached hydrogens (tertiary/aromatic N) is 1. The molecule has 1 heterocycles. The molecule has 0 N–H and O–H groups in total. The SMILES string of the molecule is Cc1nc(CCl)sc1CC(C)C. The van der Waals surface area contributed by atoms with Crippen molar-refractivity contribution in [1.29, 1.82) is 0 Å². The fourth-order valence-electron chi connectivity index (χ4n) is 1.11. The van der Waals surface area contributed by atoms with Crippen LogP contribution in [-0.2, 0) is 12.3 Å². The molecule has 0 atom stereocenters. The molecule has 1 nitrogen and oxygen atoms in total. The van der Waals surface area contributed by atoms with Crippen molar-refractivity contribution in [1.82, 2.24) is 4.98 Å². The lowest BCUT2D eigenvalue weighted by atomic mass is 10.1. The highest BCUT2D eigenvalue weighted by Gasteiger charge is 2.07. The Morgan fingerprint density at radius 1 is 1.50 bits per heavy atom. The van der Waals surface area contributed by atoms with E-state index >= 15 is 0 Å². The third-order valence-corrected chi connectivity index (χ3v) is 3.24. The maximum absolute atomic E-state index is 5.70. The van der Waals surface area contributed by atoms with Crippen LogP contribution < -0.4 is 0 Å². The molecule has 0 aliphatic rings. The Hall–Kier alpha value is -0.0800. The van der Waals surface area contributed by atoms with Crippen LogP contribution in [0.3, 0.4) is 0 Å². The van der Waals surface area contributed by atoms with Crippen molar-refractivity contribution in [3.05, 3.63) is 15.6 Å². The van der Waals surface area contributed by atoms with Crippen LogP contribution in [-0.4, -0.2) is 4.98 Å². The van der Waals surface area contributed by atoms with E-state index in [1.54, 1.807) is 11.3 Å². The van der Waals surface area contributed by atoms with E-state index in [1.165, 1.54) is 4.88 Å². The standard InChI is InChI=1S/C9H14ClNS/c1-6(2)4-8-7(3)11-9(5-10)12-8/h6H,4-5H2,1-3H3. The second kappa shape index (κ2) is 4.24. The molecule has 0 spiro atoms. The Kier molecular flexibility index (Phi) is 3.53. The van der Waals surface area contributed by atoms with Gasteiger partial charge in [0.25, 0.3) is 0 Å². The highest BCUT2D eigenvalue weighted by Crippen LogP contribution is 2.22. The van der Waals surface area contributed by atoms with Crippen LogP contribution in [0.25, 0.3) is 0 Å². The lowest BCUT2D eigenvalue weighted by molar-refractivity contribution is 0.651. The first-order valence-electron chi connectivity index (χ1n) is 4.14. The molecule has 0 aliphatic carbocycles. The quantitative estimate of drug-likeness (QED) is 0.687. The van der Waals surface area contributed by atoms with Gasteiger partial charge >= 0.3 is 0 Å². The third-order valence-electron chi connectivity index (χ3n) is 1.64. The molecule has 0 unspecified atom stereocenters. The average molecular weight is 204 g/mol. The van der Waals surface area contributed by atoms with Gasteiger partial charge in [0.1, 0.15) is 5.01 Å². The zero-order valence-corrected chi connectivity index (χ0v) is 9.30. The molecule has 0 saturated carbocycles. The number of hydrogen-bond donors (Lipinski definition) is 0. The van der Waals surface area contributed by atoms with Crippen LogP contribution in [0.5, 0.6) is 0 Å². The number of rotatable bonds is 3. The van der Waals surface area contributed by atoms with E-state index in [1.807, 2.05) is 0 Å². The van der Waals surface area contributed by atoms with Crippen LogP contribution in [0.2, 0.25) is 0 Å². The van der Waals surface area contributed by atoms with Crippen LogP contribution in [0.15, 0.2) is 0 Å². The van der Waals surface area contributed by atoms with E-state index < -0.39 is 0 Å². The van der Waals surface area contributed by atoms with Gasteiger partial charge in [0.15, 0.2) is 0 Å². The van der Waals surface area contributed by atoms with Crippen molar-refractivity contribution in [3.63, 3.8) is 0 Å². The van der Waals surface area contributed by atoms with E-state index in [4.69, 9.17) is 11.6 Å². The second-order valence-corrected chi connectivity index (χ2v) is 4.78. The van der Waals surface area contributed by atoms with Gasteiger partial charge in [-0.25, -0.2) is 4.98 Å². The van der Waals surface area contributed by atoms with Crippen LogP contribution in [0.4, 0.5) is 0 Å². The summed E-state index contributed by atoms with van der Waals surface area (Å²) in [6.07, 6.45) is 1.13. The molecule has 68 valence electrons. The van der Waals surface area contributed by atoms with Crippen molar-refractivity contribution < 1.29 is 0 Å². The summed E-state index contributed by atoms with van der Waals surface area (Å²) >= 11 is 7.44. The van der Waals surface area contributed by atoms with Crippen LogP contribution >= 0.6 is 22.9 Å². The first-order chi connectivity index (χ1) is 5.63. The van der Waals surface area contributed by atoms with E-state index in [-0.39, 0.29) is 0 Å². The molecular formula is C9H14ClNS. The molecule has 0 radical (unpaired) electrons. The fraction of sp³-hybridized carbons (Fsp3) is 0.667. The Bertz CT molecular complexity index is 255. The summed E-state index contributed by atoms with van der Waals surface area (Å²) in [5.74, 6) is 1.25. The normalized spacial score (nSPS) is 11.1. The predicted octanol–water partition coefficient (Wildman–Crippen LogP) is 3.39. The van der Waals surface area contributed by atoms with Crippen molar-refractivity contribution in [2.24, 2.45) is 5.92 Å². The van der Waals surface area contributed by atoms with Gasteiger partial charge in [-0.1, -0.05) is 13.8 Å². The van der Waals surface area contributed by atoms with Gasteiger partial charge in [0.2, 0.25) is 0 Å². The zero-order chi connectivity index (χ0) is 9.14. The van der Waals surface area contributed by atoms with Gasteiger partial charge in [-0.3, -0.25) is 0 Å². The molecule has 1 aromatic heterocycles. The van der Waals surface area contributed by atoms with Gasteiger partial charge in [-0.15, -0.1) is 22.9 Å². The van der Waals surface area contributed by atoms with E-state index in [0.717, 1.165) is 17.1 Å². The summed E-state index contributed by atoms with van der Waals surface area (Å²) < 4.78 is 0. The Balaban J connectivity index is 2.77. The van der Waals surface area contributed by atoms with Gasteiger partial charge in [-0.05, 0) is 19.3 Å². The molecule has 0 aromatic carbocycles. The lowest BCUT2D eigenvalue weighted by Gasteiger charge is -2.00. The maximum atomic E-state index is 5.70. The second-order valence-electron chi connectivity index (χ2n) is 3.35. The molecule has 0 saturated heterocycles. The zero-order valence-electron chi connectivity index (χ0n) is 7.72. The number of aryl methyl sites for hydroxylation is 1. The first kappa shape index (κ1) is 10.0. The van der Waals surface area contributed by atoms with Crippen LogP contribution in [0.1, 0.15) is 29.4 Å². The molecule has 0 amide bonds. The van der Waals surface area contributed by atoms with Crippen molar-refractivity contribution >= 4 is 22.9 Å². The van der Waals surface area contributed by atoms with Crippen molar-refractivity contribution in [2.75, 3.05) is 0 Å².